The quantitative estimate of drug-likeness (QED) is 0.740. The van der Waals surface area contributed by atoms with Gasteiger partial charge in [-0.1, -0.05) is 0 Å². The summed E-state index contributed by atoms with van der Waals surface area (Å²) in [6, 6.07) is 11.4. The Morgan fingerprint density at radius 2 is 2.06 bits per heavy atom. The van der Waals surface area contributed by atoms with Gasteiger partial charge in [-0.05, 0) is 47.3 Å². The number of benzene rings is 1. The third-order valence-corrected chi connectivity index (χ3v) is 3.95. The van der Waals surface area contributed by atoms with Gasteiger partial charge in [-0.25, -0.2) is 0 Å². The van der Waals surface area contributed by atoms with Crippen molar-refractivity contribution in [1.82, 2.24) is 4.98 Å². The average molecular weight is 256 g/mol. The molecule has 90 valence electrons. The molecule has 0 fully saturated rings. The lowest BCUT2D eigenvalue weighted by Gasteiger charge is -1.99. The molecule has 3 aromatic rings. The highest BCUT2D eigenvalue weighted by Crippen LogP contribution is 2.34. The molecule has 2 aromatic heterocycles. The van der Waals surface area contributed by atoms with Crippen molar-refractivity contribution in [3.8, 4) is 16.3 Å². The van der Waals surface area contributed by atoms with E-state index in [1.165, 1.54) is 0 Å². The molecule has 0 aliphatic carbocycles. The second-order valence-corrected chi connectivity index (χ2v) is 5.17. The zero-order valence-electron chi connectivity index (χ0n) is 9.63. The Morgan fingerprint density at radius 3 is 2.89 bits per heavy atom. The summed E-state index contributed by atoms with van der Waals surface area (Å²) in [5, 5.41) is 10.5. The standard InChI is InChI=1S/C14H12N2OS/c15-8-9-3-4-16-12(5-9)14-7-10-6-11(17)1-2-13(10)18-14/h1-7,17H,8,15H2. The van der Waals surface area contributed by atoms with Crippen LogP contribution in [0.4, 0.5) is 0 Å². The molecule has 0 spiro atoms. The van der Waals surface area contributed by atoms with E-state index in [0.717, 1.165) is 26.2 Å². The summed E-state index contributed by atoms with van der Waals surface area (Å²) < 4.78 is 1.14. The zero-order valence-corrected chi connectivity index (χ0v) is 10.4. The molecule has 0 bridgehead atoms. The maximum atomic E-state index is 9.46. The third-order valence-electron chi connectivity index (χ3n) is 2.81. The molecular formula is C14H12N2OS. The molecule has 0 radical (unpaired) electrons. The molecule has 3 N–H and O–H groups in total. The second kappa shape index (κ2) is 4.40. The number of thiophene rings is 1. The van der Waals surface area contributed by atoms with E-state index in [9.17, 15) is 5.11 Å². The second-order valence-electron chi connectivity index (χ2n) is 4.09. The summed E-state index contributed by atoms with van der Waals surface area (Å²) in [4.78, 5) is 5.46. The number of phenolic OH excluding ortho intramolecular Hbond substituents is 1. The van der Waals surface area contributed by atoms with E-state index in [4.69, 9.17) is 5.73 Å². The number of fused-ring (bicyclic) bond motifs is 1. The number of hydrogen-bond acceptors (Lipinski definition) is 4. The van der Waals surface area contributed by atoms with E-state index in [0.29, 0.717) is 6.54 Å². The summed E-state index contributed by atoms with van der Waals surface area (Å²) in [7, 11) is 0. The highest BCUT2D eigenvalue weighted by molar-refractivity contribution is 7.22. The molecule has 3 rings (SSSR count). The molecule has 4 heteroatoms. The topological polar surface area (TPSA) is 59.1 Å². The highest BCUT2D eigenvalue weighted by Gasteiger charge is 2.06. The minimum atomic E-state index is 0.288. The molecule has 3 nitrogen and oxygen atoms in total. The van der Waals surface area contributed by atoms with Crippen LogP contribution in [0.1, 0.15) is 5.56 Å². The van der Waals surface area contributed by atoms with Gasteiger partial charge in [0.2, 0.25) is 0 Å². The fraction of sp³-hybridized carbons (Fsp3) is 0.0714. The predicted octanol–water partition coefficient (Wildman–Crippen LogP) is 3.13. The van der Waals surface area contributed by atoms with Crippen molar-refractivity contribution >= 4 is 21.4 Å². The lowest BCUT2D eigenvalue weighted by molar-refractivity contribution is 0.476. The number of rotatable bonds is 2. The Kier molecular flexibility index (Phi) is 2.74. The first kappa shape index (κ1) is 11.2. The summed E-state index contributed by atoms with van der Waals surface area (Å²) in [5.74, 6) is 0.288. The predicted molar refractivity (Wildman–Crippen MR) is 74.6 cm³/mol. The fourth-order valence-corrected chi connectivity index (χ4v) is 2.90. The molecule has 0 aliphatic heterocycles. The van der Waals surface area contributed by atoms with Crippen LogP contribution in [0.2, 0.25) is 0 Å². The molecule has 1 aromatic carbocycles. The van der Waals surface area contributed by atoms with Crippen molar-refractivity contribution in [2.45, 2.75) is 6.54 Å². The van der Waals surface area contributed by atoms with Crippen LogP contribution < -0.4 is 5.73 Å². The van der Waals surface area contributed by atoms with Crippen LogP contribution >= 0.6 is 11.3 Å². The number of aromatic nitrogens is 1. The Balaban J connectivity index is 2.13. The highest BCUT2D eigenvalue weighted by atomic mass is 32.1. The monoisotopic (exact) mass is 256 g/mol. The van der Waals surface area contributed by atoms with Crippen LogP contribution in [-0.4, -0.2) is 10.1 Å². The first-order valence-corrected chi connectivity index (χ1v) is 6.46. The van der Waals surface area contributed by atoms with Crippen LogP contribution in [0.25, 0.3) is 20.7 Å². The minimum absolute atomic E-state index is 0.288. The smallest absolute Gasteiger partial charge is 0.116 e. The molecule has 0 saturated heterocycles. The number of hydrogen-bond donors (Lipinski definition) is 2. The van der Waals surface area contributed by atoms with E-state index >= 15 is 0 Å². The fourth-order valence-electron chi connectivity index (χ4n) is 1.89. The zero-order chi connectivity index (χ0) is 12.5. The van der Waals surface area contributed by atoms with Crippen molar-refractivity contribution in [2.75, 3.05) is 0 Å². The Labute approximate surface area is 109 Å². The first-order valence-electron chi connectivity index (χ1n) is 5.64. The summed E-state index contributed by atoms with van der Waals surface area (Å²) in [6.45, 7) is 0.515. The van der Waals surface area contributed by atoms with E-state index in [-0.39, 0.29) is 5.75 Å². The number of pyridine rings is 1. The Bertz CT molecular complexity index is 706. The van der Waals surface area contributed by atoms with Gasteiger partial charge in [0, 0.05) is 17.4 Å². The maximum absolute atomic E-state index is 9.46. The van der Waals surface area contributed by atoms with Crippen molar-refractivity contribution in [3.63, 3.8) is 0 Å². The van der Waals surface area contributed by atoms with Crippen LogP contribution in [-0.2, 0) is 6.54 Å². The van der Waals surface area contributed by atoms with Gasteiger partial charge in [0.05, 0.1) is 10.6 Å². The van der Waals surface area contributed by atoms with Crippen molar-refractivity contribution in [2.24, 2.45) is 5.73 Å². The minimum Gasteiger partial charge on any atom is -0.508 e. The molecular weight excluding hydrogens is 244 g/mol. The van der Waals surface area contributed by atoms with Gasteiger partial charge in [0.1, 0.15) is 5.75 Å². The lowest BCUT2D eigenvalue weighted by Crippen LogP contribution is -1.96. The van der Waals surface area contributed by atoms with Gasteiger partial charge in [-0.15, -0.1) is 11.3 Å². The van der Waals surface area contributed by atoms with E-state index in [2.05, 4.69) is 4.98 Å². The van der Waals surface area contributed by atoms with Gasteiger partial charge >= 0.3 is 0 Å². The third kappa shape index (κ3) is 1.96. The Morgan fingerprint density at radius 1 is 1.17 bits per heavy atom. The summed E-state index contributed by atoms with van der Waals surface area (Å²) in [6.07, 6.45) is 1.78. The van der Waals surface area contributed by atoms with Gasteiger partial charge in [-0.3, -0.25) is 4.98 Å². The van der Waals surface area contributed by atoms with Gasteiger partial charge in [-0.2, -0.15) is 0 Å². The average Bonchev–Trinajstić information content (AvgIpc) is 2.81. The van der Waals surface area contributed by atoms with Gasteiger partial charge in [0.15, 0.2) is 0 Å². The van der Waals surface area contributed by atoms with Crippen molar-refractivity contribution in [1.29, 1.82) is 0 Å². The van der Waals surface area contributed by atoms with E-state index in [1.807, 2.05) is 24.3 Å². The Hall–Kier alpha value is -1.91. The molecule has 0 unspecified atom stereocenters. The van der Waals surface area contributed by atoms with Gasteiger partial charge in [0.25, 0.3) is 0 Å². The molecule has 0 atom stereocenters. The summed E-state index contributed by atoms with van der Waals surface area (Å²) >= 11 is 1.66. The van der Waals surface area contributed by atoms with E-state index in [1.54, 1.807) is 29.7 Å². The molecule has 18 heavy (non-hydrogen) atoms. The van der Waals surface area contributed by atoms with E-state index < -0.39 is 0 Å². The normalized spacial score (nSPS) is 10.9. The number of nitrogens with zero attached hydrogens (tertiary/aromatic N) is 1. The molecule has 0 aliphatic rings. The lowest BCUT2D eigenvalue weighted by atomic mass is 10.2. The molecule has 0 saturated carbocycles. The summed E-state index contributed by atoms with van der Waals surface area (Å²) in [5.41, 5.74) is 7.63. The number of nitrogens with two attached hydrogens (primary N) is 1. The van der Waals surface area contributed by atoms with Crippen molar-refractivity contribution < 1.29 is 5.11 Å². The van der Waals surface area contributed by atoms with Crippen molar-refractivity contribution in [3.05, 3.63) is 48.2 Å². The van der Waals surface area contributed by atoms with Crippen LogP contribution in [0.3, 0.4) is 0 Å². The van der Waals surface area contributed by atoms with Gasteiger partial charge < -0.3 is 10.8 Å². The number of aromatic hydroxyl groups is 1. The SMILES string of the molecule is NCc1ccnc(-c2cc3cc(O)ccc3s2)c1. The van der Waals surface area contributed by atoms with Crippen LogP contribution in [0.15, 0.2) is 42.6 Å². The largest absolute Gasteiger partial charge is 0.508 e. The molecule has 0 amide bonds. The van der Waals surface area contributed by atoms with Crippen LogP contribution in [0, 0.1) is 0 Å². The van der Waals surface area contributed by atoms with Crippen LogP contribution in [0.5, 0.6) is 5.75 Å². The number of phenols is 1. The first-order chi connectivity index (χ1) is 8.76. The molecule has 2 heterocycles. The maximum Gasteiger partial charge on any atom is 0.116 e.